The van der Waals surface area contributed by atoms with Crippen LogP contribution in [0.5, 0.6) is 0 Å². The van der Waals surface area contributed by atoms with Crippen LogP contribution >= 0.6 is 0 Å². The van der Waals surface area contributed by atoms with Crippen molar-refractivity contribution < 1.29 is 28.2 Å². The zero-order valence-electron chi connectivity index (χ0n) is 15.1. The lowest BCUT2D eigenvalue weighted by Gasteiger charge is -2.23. The molecule has 27 heavy (non-hydrogen) atoms. The van der Waals surface area contributed by atoms with Crippen LogP contribution in [-0.4, -0.2) is 44.8 Å². The van der Waals surface area contributed by atoms with Crippen LogP contribution in [0.25, 0.3) is 0 Å². The Bertz CT molecular complexity index is 804. The number of nitrogens with zero attached hydrogens (tertiary/aromatic N) is 2. The number of ether oxygens (including phenoxy) is 2. The Balaban J connectivity index is 2.31. The summed E-state index contributed by atoms with van der Waals surface area (Å²) < 4.78 is 40.6. The minimum absolute atomic E-state index is 0.0587. The lowest BCUT2D eigenvalue weighted by Crippen LogP contribution is -2.46. The van der Waals surface area contributed by atoms with E-state index in [0.717, 1.165) is 11.5 Å². The van der Waals surface area contributed by atoms with Crippen LogP contribution in [0.2, 0.25) is 0 Å². The van der Waals surface area contributed by atoms with Gasteiger partial charge in [-0.05, 0) is 18.9 Å². The molecule has 1 aromatic heterocycles. The highest BCUT2D eigenvalue weighted by molar-refractivity contribution is 5.76. The molecule has 1 aliphatic rings. The third-order valence-electron chi connectivity index (χ3n) is 4.13. The zero-order valence-corrected chi connectivity index (χ0v) is 15.1. The van der Waals surface area contributed by atoms with Crippen LogP contribution in [-0.2, 0) is 20.8 Å². The van der Waals surface area contributed by atoms with Crippen molar-refractivity contribution in [1.82, 2.24) is 9.55 Å². The van der Waals surface area contributed by atoms with Crippen molar-refractivity contribution in [2.75, 3.05) is 5.73 Å². The summed E-state index contributed by atoms with van der Waals surface area (Å²) in [6.07, 6.45) is -2.86. The lowest BCUT2D eigenvalue weighted by molar-refractivity contribution is -0.170. The standard InChI is InChI=1S/C16H22F2N4O5/c1-7(2)11(20)14(24)27-13-12(8(3)23)26-9(16(13,17)18)6-22-5-4-10(19)21-15(22)25/h4-5,7,9,11,13,23H,6,20H2,1-3H3,(H2,19,21,25)/b12-8+/t9-,11-,13+/m0/s1. The van der Waals surface area contributed by atoms with E-state index in [2.05, 4.69) is 4.98 Å². The van der Waals surface area contributed by atoms with Crippen molar-refractivity contribution in [3.63, 3.8) is 0 Å². The summed E-state index contributed by atoms with van der Waals surface area (Å²) in [7, 11) is 0. The van der Waals surface area contributed by atoms with Crippen LogP contribution < -0.4 is 17.2 Å². The fourth-order valence-electron chi connectivity index (χ4n) is 2.43. The van der Waals surface area contributed by atoms with E-state index < -0.39 is 53.9 Å². The summed E-state index contributed by atoms with van der Waals surface area (Å²) in [6.45, 7) is 3.79. The number of hydrogen-bond acceptors (Lipinski definition) is 8. The molecule has 1 aromatic rings. The van der Waals surface area contributed by atoms with Gasteiger partial charge in [-0.15, -0.1) is 0 Å². The third kappa shape index (κ3) is 4.18. The average Bonchev–Trinajstić information content (AvgIpc) is 2.80. The highest BCUT2D eigenvalue weighted by atomic mass is 19.3. The Morgan fingerprint density at radius 3 is 2.67 bits per heavy atom. The number of anilines is 1. The summed E-state index contributed by atoms with van der Waals surface area (Å²) in [5.41, 5.74) is 10.2. The van der Waals surface area contributed by atoms with E-state index >= 15 is 0 Å². The molecule has 0 bridgehead atoms. The van der Waals surface area contributed by atoms with Crippen LogP contribution in [0.3, 0.4) is 0 Å². The second-order valence-electron chi connectivity index (χ2n) is 6.60. The molecule has 5 N–H and O–H groups in total. The van der Waals surface area contributed by atoms with Gasteiger partial charge in [-0.1, -0.05) is 13.8 Å². The van der Waals surface area contributed by atoms with Gasteiger partial charge in [0, 0.05) is 6.20 Å². The third-order valence-corrected chi connectivity index (χ3v) is 4.13. The van der Waals surface area contributed by atoms with Gasteiger partial charge >= 0.3 is 17.6 Å². The number of aliphatic hydroxyl groups is 1. The van der Waals surface area contributed by atoms with E-state index in [1.165, 1.54) is 12.3 Å². The number of hydrogen-bond donors (Lipinski definition) is 3. The molecule has 3 atom stereocenters. The number of aliphatic hydroxyl groups excluding tert-OH is 1. The molecule has 0 saturated carbocycles. The highest BCUT2D eigenvalue weighted by Crippen LogP contribution is 2.42. The van der Waals surface area contributed by atoms with E-state index in [-0.39, 0.29) is 11.7 Å². The number of aromatic nitrogens is 2. The van der Waals surface area contributed by atoms with E-state index in [0.29, 0.717) is 0 Å². The zero-order chi connectivity index (χ0) is 20.5. The van der Waals surface area contributed by atoms with Crippen molar-refractivity contribution in [2.24, 2.45) is 11.7 Å². The highest BCUT2D eigenvalue weighted by Gasteiger charge is 2.61. The summed E-state index contributed by atoms with van der Waals surface area (Å²) >= 11 is 0. The van der Waals surface area contributed by atoms with Crippen molar-refractivity contribution in [3.05, 3.63) is 34.3 Å². The molecule has 150 valence electrons. The van der Waals surface area contributed by atoms with E-state index in [1.54, 1.807) is 13.8 Å². The van der Waals surface area contributed by atoms with E-state index in [1.807, 2.05) is 0 Å². The molecule has 0 unspecified atom stereocenters. The van der Waals surface area contributed by atoms with Crippen LogP contribution in [0.1, 0.15) is 20.8 Å². The minimum Gasteiger partial charge on any atom is -0.509 e. The number of halogens is 2. The number of allylic oxidation sites excluding steroid dienone is 1. The second kappa shape index (κ2) is 7.51. The van der Waals surface area contributed by atoms with Crippen molar-refractivity contribution in [2.45, 2.75) is 51.5 Å². The van der Waals surface area contributed by atoms with Gasteiger partial charge in [-0.25, -0.2) is 4.79 Å². The second-order valence-corrected chi connectivity index (χ2v) is 6.60. The summed E-state index contributed by atoms with van der Waals surface area (Å²) in [4.78, 5) is 27.3. The van der Waals surface area contributed by atoms with Gasteiger partial charge in [-0.3, -0.25) is 9.36 Å². The molecule has 1 fully saturated rings. The quantitative estimate of drug-likeness (QED) is 0.490. The fourth-order valence-corrected chi connectivity index (χ4v) is 2.43. The molecule has 1 aliphatic heterocycles. The predicted octanol–water partition coefficient (Wildman–Crippen LogP) is 0.544. The molecule has 0 aromatic carbocycles. The van der Waals surface area contributed by atoms with Gasteiger partial charge in [0.25, 0.3) is 0 Å². The molecule has 9 nitrogen and oxygen atoms in total. The maximum Gasteiger partial charge on any atom is 0.349 e. The first kappa shape index (κ1) is 20.6. The van der Waals surface area contributed by atoms with Gasteiger partial charge in [-0.2, -0.15) is 13.8 Å². The number of carbonyl (C=O) groups is 1. The SMILES string of the molecule is C/C(O)=C1\O[C@@H](Cn2ccc(N)nc2=O)C(F)(F)[C@@H]1OC(=O)[C@@H](N)C(C)C. The van der Waals surface area contributed by atoms with Crippen molar-refractivity contribution in [3.8, 4) is 0 Å². The molecule has 0 radical (unpaired) electrons. The largest absolute Gasteiger partial charge is 0.509 e. The fraction of sp³-hybridized carbons (Fsp3) is 0.562. The molecule has 0 amide bonds. The average molecular weight is 388 g/mol. The Hall–Kier alpha value is -2.69. The molecule has 2 rings (SSSR count). The molecule has 1 saturated heterocycles. The maximum atomic E-state index is 14.9. The molecule has 0 aliphatic carbocycles. The number of alkyl halides is 2. The first-order valence-corrected chi connectivity index (χ1v) is 8.18. The number of nitrogens with two attached hydrogens (primary N) is 2. The van der Waals surface area contributed by atoms with Crippen LogP contribution in [0.15, 0.2) is 28.6 Å². The number of rotatable bonds is 5. The van der Waals surface area contributed by atoms with Crippen molar-refractivity contribution in [1.29, 1.82) is 0 Å². The Morgan fingerprint density at radius 1 is 1.52 bits per heavy atom. The number of esters is 1. The normalized spacial score (nSPS) is 24.4. The van der Waals surface area contributed by atoms with Gasteiger partial charge < -0.3 is 26.0 Å². The van der Waals surface area contributed by atoms with Gasteiger partial charge in [0.05, 0.1) is 6.54 Å². The van der Waals surface area contributed by atoms with Gasteiger partial charge in [0.2, 0.25) is 6.10 Å². The summed E-state index contributed by atoms with van der Waals surface area (Å²) in [6, 6.07) is 0.144. The monoisotopic (exact) mass is 388 g/mol. The Morgan fingerprint density at radius 2 is 2.15 bits per heavy atom. The molecule has 0 spiro atoms. The molecular weight excluding hydrogens is 366 g/mol. The lowest BCUT2D eigenvalue weighted by atomic mass is 10.0. The summed E-state index contributed by atoms with van der Waals surface area (Å²) in [5.74, 6) is -6.35. The predicted molar refractivity (Wildman–Crippen MR) is 90.8 cm³/mol. The number of carbonyl (C=O) groups excluding carboxylic acids is 1. The summed E-state index contributed by atoms with van der Waals surface area (Å²) in [5, 5.41) is 9.69. The minimum atomic E-state index is -3.73. The van der Waals surface area contributed by atoms with Crippen molar-refractivity contribution >= 4 is 11.8 Å². The topological polar surface area (TPSA) is 143 Å². The van der Waals surface area contributed by atoms with Crippen LogP contribution in [0.4, 0.5) is 14.6 Å². The smallest absolute Gasteiger partial charge is 0.349 e. The van der Waals surface area contributed by atoms with Gasteiger partial charge in [0.1, 0.15) is 17.6 Å². The van der Waals surface area contributed by atoms with E-state index in [9.17, 15) is 23.5 Å². The van der Waals surface area contributed by atoms with Gasteiger partial charge in [0.15, 0.2) is 11.9 Å². The molecule has 2 heterocycles. The molecular formula is C16H22F2N4O5. The maximum absolute atomic E-state index is 14.9. The molecule has 11 heteroatoms. The Labute approximate surface area is 153 Å². The Kier molecular flexibility index (Phi) is 5.73. The first-order chi connectivity index (χ1) is 12.4. The van der Waals surface area contributed by atoms with Crippen LogP contribution in [0, 0.1) is 5.92 Å². The van der Waals surface area contributed by atoms with E-state index in [4.69, 9.17) is 20.9 Å². The number of nitrogen functional groups attached to an aromatic ring is 1. The first-order valence-electron chi connectivity index (χ1n) is 8.18.